The monoisotopic (exact) mass is 241 g/mol. The Morgan fingerprint density at radius 3 is 2.94 bits per heavy atom. The van der Waals surface area contributed by atoms with E-state index in [1.54, 1.807) is 12.1 Å². The maximum absolute atomic E-state index is 9.61. The first-order valence-corrected chi connectivity index (χ1v) is 6.00. The van der Waals surface area contributed by atoms with Gasteiger partial charge in [-0.1, -0.05) is 6.07 Å². The van der Waals surface area contributed by atoms with Crippen LogP contribution in [0.15, 0.2) is 30.5 Å². The van der Waals surface area contributed by atoms with Gasteiger partial charge in [0.15, 0.2) is 0 Å². The molecule has 1 aromatic carbocycles. The summed E-state index contributed by atoms with van der Waals surface area (Å²) in [7, 11) is 0. The van der Waals surface area contributed by atoms with Gasteiger partial charge in [-0.3, -0.25) is 0 Å². The molecule has 0 unspecified atom stereocenters. The molecule has 0 aliphatic rings. The van der Waals surface area contributed by atoms with Gasteiger partial charge >= 0.3 is 0 Å². The number of aromatic nitrogens is 2. The minimum Gasteiger partial charge on any atom is -0.508 e. The van der Waals surface area contributed by atoms with Crippen LogP contribution in [0.1, 0.15) is 11.4 Å². The Hall–Kier alpha value is -2.07. The number of imidazole rings is 1. The van der Waals surface area contributed by atoms with E-state index in [1.165, 1.54) is 0 Å². The predicted molar refractivity (Wildman–Crippen MR) is 71.9 cm³/mol. The van der Waals surface area contributed by atoms with E-state index in [9.17, 15) is 5.11 Å². The van der Waals surface area contributed by atoms with Crippen LogP contribution in [0.25, 0.3) is 16.4 Å². The first kappa shape index (κ1) is 11.0. The summed E-state index contributed by atoms with van der Waals surface area (Å²) in [5.41, 5.74) is 8.65. The Labute approximate surface area is 105 Å². The second kappa shape index (κ2) is 3.99. The summed E-state index contributed by atoms with van der Waals surface area (Å²) in [6, 6.07) is 7.37. The van der Waals surface area contributed by atoms with Crippen LogP contribution < -0.4 is 5.73 Å². The summed E-state index contributed by atoms with van der Waals surface area (Å²) in [5, 5.41) is 11.6. The molecule has 3 rings (SSSR count). The van der Waals surface area contributed by atoms with Gasteiger partial charge in [-0.2, -0.15) is 0 Å². The number of aromatic hydroxyl groups is 1. The zero-order chi connectivity index (χ0) is 12.7. The number of hydrogen-bond donors (Lipinski definition) is 2. The molecule has 0 atom stereocenters. The van der Waals surface area contributed by atoms with Crippen molar-refractivity contribution in [2.24, 2.45) is 5.73 Å². The first-order chi connectivity index (χ1) is 8.70. The quantitative estimate of drug-likeness (QED) is 0.721. The summed E-state index contributed by atoms with van der Waals surface area (Å²) < 4.78 is 2.06. The third kappa shape index (κ3) is 1.54. The molecule has 18 heavy (non-hydrogen) atoms. The summed E-state index contributed by atoms with van der Waals surface area (Å²) in [6.45, 7) is 2.60. The second-order valence-corrected chi connectivity index (χ2v) is 4.46. The topological polar surface area (TPSA) is 63.5 Å². The van der Waals surface area contributed by atoms with Gasteiger partial charge in [-0.05, 0) is 37.1 Å². The molecular weight excluding hydrogens is 226 g/mol. The number of fused-ring (bicyclic) bond motifs is 3. The van der Waals surface area contributed by atoms with Crippen molar-refractivity contribution < 1.29 is 5.11 Å². The van der Waals surface area contributed by atoms with Crippen LogP contribution in [-0.2, 0) is 6.42 Å². The Bertz CT molecular complexity index is 731. The number of aryl methyl sites for hydroxylation is 1. The van der Waals surface area contributed by atoms with E-state index in [2.05, 4.69) is 9.38 Å². The van der Waals surface area contributed by atoms with Gasteiger partial charge in [-0.15, -0.1) is 0 Å². The van der Waals surface area contributed by atoms with Gasteiger partial charge in [-0.25, -0.2) is 4.98 Å². The third-order valence-electron chi connectivity index (χ3n) is 3.27. The van der Waals surface area contributed by atoms with Crippen molar-refractivity contribution in [3.05, 3.63) is 41.9 Å². The number of phenolic OH excluding ortho intramolecular Hbond substituents is 1. The lowest BCUT2D eigenvalue weighted by Crippen LogP contribution is -2.06. The van der Waals surface area contributed by atoms with Crippen LogP contribution in [-0.4, -0.2) is 21.0 Å². The van der Waals surface area contributed by atoms with Crippen molar-refractivity contribution in [2.75, 3.05) is 6.54 Å². The zero-order valence-electron chi connectivity index (χ0n) is 10.2. The summed E-state index contributed by atoms with van der Waals surface area (Å²) in [5.74, 6) is 0.261. The van der Waals surface area contributed by atoms with Crippen LogP contribution in [0.5, 0.6) is 5.75 Å². The third-order valence-corrected chi connectivity index (χ3v) is 3.27. The zero-order valence-corrected chi connectivity index (χ0v) is 10.2. The average molecular weight is 241 g/mol. The van der Waals surface area contributed by atoms with E-state index in [0.717, 1.165) is 34.2 Å². The molecule has 2 aromatic heterocycles. The highest BCUT2D eigenvalue weighted by Crippen LogP contribution is 2.25. The van der Waals surface area contributed by atoms with E-state index in [1.807, 2.05) is 25.3 Å². The lowest BCUT2D eigenvalue weighted by atomic mass is 10.1. The molecule has 4 nitrogen and oxygen atoms in total. The van der Waals surface area contributed by atoms with Crippen LogP contribution in [0, 0.1) is 6.92 Å². The number of benzene rings is 1. The molecule has 3 aromatic rings. The van der Waals surface area contributed by atoms with Crippen molar-refractivity contribution in [2.45, 2.75) is 13.3 Å². The molecule has 0 aliphatic heterocycles. The Balaban J connectivity index is 2.40. The summed E-state index contributed by atoms with van der Waals surface area (Å²) >= 11 is 0. The normalized spacial score (nSPS) is 11.4. The van der Waals surface area contributed by atoms with Crippen molar-refractivity contribution in [1.82, 2.24) is 9.38 Å². The molecular formula is C14H15N3O. The minimum absolute atomic E-state index is 0.261. The number of hydrogen-bond acceptors (Lipinski definition) is 3. The molecule has 2 heterocycles. The Morgan fingerprint density at radius 1 is 1.33 bits per heavy atom. The minimum atomic E-state index is 0.261. The SMILES string of the molecule is Cc1nc2c3cc(O)ccc3ccn2c1CCN. The molecule has 0 fully saturated rings. The molecule has 0 radical (unpaired) electrons. The van der Waals surface area contributed by atoms with Crippen molar-refractivity contribution >= 4 is 16.4 Å². The maximum Gasteiger partial charge on any atom is 0.145 e. The van der Waals surface area contributed by atoms with E-state index < -0.39 is 0 Å². The number of nitrogens with zero attached hydrogens (tertiary/aromatic N) is 2. The molecule has 4 heteroatoms. The van der Waals surface area contributed by atoms with E-state index in [4.69, 9.17) is 5.73 Å². The number of phenols is 1. The fraction of sp³-hybridized carbons (Fsp3) is 0.214. The average Bonchev–Trinajstić information content (AvgIpc) is 2.67. The number of nitrogens with two attached hydrogens (primary N) is 1. The fourth-order valence-corrected chi connectivity index (χ4v) is 2.41. The predicted octanol–water partition coefficient (Wildman–Crippen LogP) is 2.00. The molecule has 0 amide bonds. The van der Waals surface area contributed by atoms with Gasteiger partial charge in [0, 0.05) is 23.7 Å². The molecule has 0 bridgehead atoms. The molecule has 0 aliphatic carbocycles. The molecule has 0 saturated carbocycles. The van der Waals surface area contributed by atoms with E-state index in [-0.39, 0.29) is 5.75 Å². The first-order valence-electron chi connectivity index (χ1n) is 6.00. The largest absolute Gasteiger partial charge is 0.508 e. The standard InChI is InChI=1S/C14H15N3O/c1-9-13(4-6-15)17-7-5-10-2-3-11(18)8-12(10)14(17)16-9/h2-3,5,7-8,18H,4,6,15H2,1H3. The highest BCUT2D eigenvalue weighted by molar-refractivity contribution is 5.95. The van der Waals surface area contributed by atoms with E-state index in [0.29, 0.717) is 6.54 Å². The molecule has 92 valence electrons. The smallest absolute Gasteiger partial charge is 0.145 e. The summed E-state index contributed by atoms with van der Waals surface area (Å²) in [6.07, 6.45) is 2.82. The number of pyridine rings is 1. The molecule has 0 saturated heterocycles. The van der Waals surface area contributed by atoms with E-state index >= 15 is 0 Å². The lowest BCUT2D eigenvalue weighted by molar-refractivity contribution is 0.476. The van der Waals surface area contributed by atoms with Crippen LogP contribution >= 0.6 is 0 Å². The van der Waals surface area contributed by atoms with Gasteiger partial charge < -0.3 is 15.2 Å². The highest BCUT2D eigenvalue weighted by atomic mass is 16.3. The van der Waals surface area contributed by atoms with Gasteiger partial charge in [0.25, 0.3) is 0 Å². The fourth-order valence-electron chi connectivity index (χ4n) is 2.41. The maximum atomic E-state index is 9.61. The van der Waals surface area contributed by atoms with Crippen molar-refractivity contribution in [3.63, 3.8) is 0 Å². The van der Waals surface area contributed by atoms with Gasteiger partial charge in [0.1, 0.15) is 11.4 Å². The van der Waals surface area contributed by atoms with Crippen molar-refractivity contribution in [1.29, 1.82) is 0 Å². The van der Waals surface area contributed by atoms with Crippen LogP contribution in [0.3, 0.4) is 0 Å². The lowest BCUT2D eigenvalue weighted by Gasteiger charge is -2.04. The van der Waals surface area contributed by atoms with Crippen LogP contribution in [0.4, 0.5) is 0 Å². The van der Waals surface area contributed by atoms with Crippen LogP contribution in [0.2, 0.25) is 0 Å². The molecule has 3 N–H and O–H groups in total. The van der Waals surface area contributed by atoms with Gasteiger partial charge in [0.05, 0.1) is 5.69 Å². The Morgan fingerprint density at radius 2 is 2.17 bits per heavy atom. The molecule has 0 spiro atoms. The highest BCUT2D eigenvalue weighted by Gasteiger charge is 2.10. The number of rotatable bonds is 2. The van der Waals surface area contributed by atoms with Gasteiger partial charge in [0.2, 0.25) is 0 Å². The summed E-state index contributed by atoms with van der Waals surface area (Å²) in [4.78, 5) is 4.60. The van der Waals surface area contributed by atoms with Crippen molar-refractivity contribution in [3.8, 4) is 5.75 Å². The second-order valence-electron chi connectivity index (χ2n) is 4.46. The Kier molecular flexibility index (Phi) is 2.45.